The lowest BCUT2D eigenvalue weighted by atomic mass is 10.2. The highest BCUT2D eigenvalue weighted by atomic mass is 127. The molecule has 9 heteroatoms. The number of amidine groups is 1. The van der Waals surface area contributed by atoms with Gasteiger partial charge in [-0.3, -0.25) is 10.1 Å². The van der Waals surface area contributed by atoms with Gasteiger partial charge in [-0.2, -0.15) is 0 Å². The molecule has 98 valence electrons. The SMILES string of the molecule is COc1c(Br)cc(I)c(N=C(N)CCl)c1[N+](=O)[O-]. The summed E-state index contributed by atoms with van der Waals surface area (Å²) in [6, 6.07) is 1.66. The van der Waals surface area contributed by atoms with Crippen molar-refractivity contribution in [3.8, 4) is 5.75 Å². The van der Waals surface area contributed by atoms with E-state index in [0.717, 1.165) is 0 Å². The van der Waals surface area contributed by atoms with Crippen molar-refractivity contribution in [2.75, 3.05) is 13.0 Å². The average molecular weight is 448 g/mol. The Hall–Kier alpha value is -0.610. The molecule has 0 saturated heterocycles. The number of nitro benzene ring substituents is 1. The molecule has 1 aromatic rings. The molecule has 2 N–H and O–H groups in total. The lowest BCUT2D eigenvalue weighted by molar-refractivity contribution is -0.385. The van der Waals surface area contributed by atoms with E-state index in [0.29, 0.717) is 8.04 Å². The minimum atomic E-state index is -0.563. The minimum absolute atomic E-state index is 0.00832. The van der Waals surface area contributed by atoms with E-state index in [2.05, 4.69) is 20.9 Å². The van der Waals surface area contributed by atoms with Gasteiger partial charge in [0, 0.05) is 3.57 Å². The second kappa shape index (κ2) is 6.53. The molecule has 0 fully saturated rings. The van der Waals surface area contributed by atoms with Gasteiger partial charge >= 0.3 is 5.69 Å². The van der Waals surface area contributed by atoms with Crippen LogP contribution in [0.3, 0.4) is 0 Å². The monoisotopic (exact) mass is 447 g/mol. The number of rotatable bonds is 4. The van der Waals surface area contributed by atoms with E-state index in [1.54, 1.807) is 6.07 Å². The normalized spacial score (nSPS) is 11.4. The summed E-state index contributed by atoms with van der Waals surface area (Å²) < 4.78 is 6.06. The molecular formula is C9H8BrClIN3O3. The molecule has 0 aliphatic rings. The topological polar surface area (TPSA) is 90.8 Å². The van der Waals surface area contributed by atoms with Crippen LogP contribution in [-0.4, -0.2) is 23.7 Å². The molecule has 0 aliphatic heterocycles. The zero-order chi connectivity index (χ0) is 13.9. The molecule has 0 saturated carbocycles. The second-order valence-corrected chi connectivity index (χ2v) is 5.35. The summed E-state index contributed by atoms with van der Waals surface area (Å²) in [5.41, 5.74) is 5.40. The third-order valence-corrected chi connectivity index (χ3v) is 3.60. The van der Waals surface area contributed by atoms with Crippen LogP contribution in [0.2, 0.25) is 0 Å². The van der Waals surface area contributed by atoms with Crippen molar-refractivity contribution in [2.45, 2.75) is 0 Å². The number of alkyl halides is 1. The average Bonchev–Trinajstić information content (AvgIpc) is 2.31. The number of benzene rings is 1. The molecule has 0 aromatic heterocycles. The van der Waals surface area contributed by atoms with Crippen LogP contribution in [0.15, 0.2) is 15.5 Å². The van der Waals surface area contributed by atoms with Gasteiger partial charge in [-0.15, -0.1) is 11.6 Å². The predicted molar refractivity (Wildman–Crippen MR) is 82.1 cm³/mol. The van der Waals surface area contributed by atoms with Gasteiger partial charge in [0.2, 0.25) is 5.75 Å². The Morgan fingerprint density at radius 1 is 1.78 bits per heavy atom. The first-order valence-electron chi connectivity index (χ1n) is 4.51. The van der Waals surface area contributed by atoms with Crippen molar-refractivity contribution in [2.24, 2.45) is 10.7 Å². The first-order valence-corrected chi connectivity index (χ1v) is 6.92. The Morgan fingerprint density at radius 3 is 2.83 bits per heavy atom. The Morgan fingerprint density at radius 2 is 2.39 bits per heavy atom. The molecule has 0 atom stereocenters. The molecule has 18 heavy (non-hydrogen) atoms. The van der Waals surface area contributed by atoms with E-state index in [-0.39, 0.29) is 28.8 Å². The second-order valence-electron chi connectivity index (χ2n) is 3.06. The Labute approximate surface area is 130 Å². The van der Waals surface area contributed by atoms with Gasteiger partial charge in [0.25, 0.3) is 0 Å². The quantitative estimate of drug-likeness (QED) is 0.191. The van der Waals surface area contributed by atoms with Crippen LogP contribution in [0.1, 0.15) is 0 Å². The Balaban J connectivity index is 3.63. The molecule has 0 aliphatic carbocycles. The highest BCUT2D eigenvalue weighted by molar-refractivity contribution is 14.1. The fourth-order valence-electron chi connectivity index (χ4n) is 1.22. The standard InChI is InChI=1S/C9H8BrClIN3O3/c1-18-9-4(10)2-5(12)7(8(9)15(16)17)14-6(13)3-11/h2H,3H2,1H3,(H2,13,14). The van der Waals surface area contributed by atoms with E-state index in [4.69, 9.17) is 22.1 Å². The molecule has 0 amide bonds. The molecule has 1 rings (SSSR count). The number of methoxy groups -OCH3 is 1. The summed E-state index contributed by atoms with van der Waals surface area (Å²) in [4.78, 5) is 14.5. The molecule has 0 radical (unpaired) electrons. The Bertz CT molecular complexity index is 524. The van der Waals surface area contributed by atoms with E-state index in [9.17, 15) is 10.1 Å². The predicted octanol–water partition coefficient (Wildman–Crippen LogP) is 3.20. The number of ether oxygens (including phenoxy) is 1. The van der Waals surface area contributed by atoms with E-state index >= 15 is 0 Å². The molecule has 1 aromatic carbocycles. The van der Waals surface area contributed by atoms with Crippen LogP contribution in [0.4, 0.5) is 11.4 Å². The molecule has 0 unspecified atom stereocenters. The maximum atomic E-state index is 11.1. The van der Waals surface area contributed by atoms with Crippen molar-refractivity contribution in [1.82, 2.24) is 0 Å². The Kier molecular flexibility index (Phi) is 5.60. The van der Waals surface area contributed by atoms with E-state index < -0.39 is 4.92 Å². The third-order valence-electron chi connectivity index (χ3n) is 1.91. The van der Waals surface area contributed by atoms with Gasteiger partial charge in [-0.1, -0.05) is 0 Å². The number of nitrogens with zero attached hydrogens (tertiary/aromatic N) is 2. The minimum Gasteiger partial charge on any atom is -0.489 e. The van der Waals surface area contributed by atoms with Crippen molar-refractivity contribution < 1.29 is 9.66 Å². The first kappa shape index (κ1) is 15.4. The van der Waals surface area contributed by atoms with E-state index in [1.165, 1.54) is 7.11 Å². The maximum Gasteiger partial charge on any atom is 0.338 e. The fourth-order valence-corrected chi connectivity index (χ4v) is 2.98. The van der Waals surface area contributed by atoms with Gasteiger partial charge in [0.1, 0.15) is 5.84 Å². The summed E-state index contributed by atoms with van der Waals surface area (Å²) >= 11 is 10.7. The zero-order valence-electron chi connectivity index (χ0n) is 9.11. The third kappa shape index (κ3) is 3.23. The van der Waals surface area contributed by atoms with Gasteiger partial charge in [-0.05, 0) is 44.6 Å². The van der Waals surface area contributed by atoms with Gasteiger partial charge in [0.05, 0.1) is 22.4 Å². The lowest BCUT2D eigenvalue weighted by Gasteiger charge is -2.08. The smallest absolute Gasteiger partial charge is 0.338 e. The zero-order valence-corrected chi connectivity index (χ0v) is 13.6. The van der Waals surface area contributed by atoms with Gasteiger partial charge in [-0.25, -0.2) is 4.99 Å². The fraction of sp³-hybridized carbons (Fsp3) is 0.222. The van der Waals surface area contributed by atoms with Crippen LogP contribution in [0, 0.1) is 13.7 Å². The highest BCUT2D eigenvalue weighted by Crippen LogP contribution is 2.45. The molecule has 0 heterocycles. The molecule has 0 bridgehead atoms. The van der Waals surface area contributed by atoms with Crippen molar-refractivity contribution in [3.63, 3.8) is 0 Å². The van der Waals surface area contributed by atoms with Crippen LogP contribution in [0.5, 0.6) is 5.75 Å². The molecule has 0 spiro atoms. The van der Waals surface area contributed by atoms with Crippen LogP contribution in [-0.2, 0) is 0 Å². The van der Waals surface area contributed by atoms with Crippen molar-refractivity contribution in [3.05, 3.63) is 24.2 Å². The largest absolute Gasteiger partial charge is 0.489 e. The lowest BCUT2D eigenvalue weighted by Crippen LogP contribution is -2.12. The first-order chi connectivity index (χ1) is 8.42. The number of aliphatic imine (C=N–C) groups is 1. The number of nitrogens with two attached hydrogens (primary N) is 1. The number of hydrogen-bond acceptors (Lipinski definition) is 4. The summed E-state index contributed by atoms with van der Waals surface area (Å²) in [5.74, 6) is 0.189. The highest BCUT2D eigenvalue weighted by Gasteiger charge is 2.26. The van der Waals surface area contributed by atoms with Crippen molar-refractivity contribution in [1.29, 1.82) is 0 Å². The van der Waals surface area contributed by atoms with Gasteiger partial charge in [0.15, 0.2) is 5.69 Å². The number of nitro groups is 1. The van der Waals surface area contributed by atoms with E-state index in [1.807, 2.05) is 22.6 Å². The van der Waals surface area contributed by atoms with Crippen LogP contribution in [0.25, 0.3) is 0 Å². The molecular weight excluding hydrogens is 440 g/mol. The summed E-state index contributed by atoms with van der Waals surface area (Å²) in [6.45, 7) is 0. The molecule has 6 nitrogen and oxygen atoms in total. The summed E-state index contributed by atoms with van der Waals surface area (Å²) in [5, 5.41) is 11.1. The number of hydrogen-bond donors (Lipinski definition) is 1. The summed E-state index contributed by atoms with van der Waals surface area (Å²) in [6.07, 6.45) is 0. The maximum absolute atomic E-state index is 11.1. The van der Waals surface area contributed by atoms with Crippen molar-refractivity contribution >= 4 is 67.3 Å². The van der Waals surface area contributed by atoms with Gasteiger partial charge < -0.3 is 10.5 Å². The summed E-state index contributed by atoms with van der Waals surface area (Å²) in [7, 11) is 1.35. The number of halogens is 3. The van der Waals surface area contributed by atoms with Crippen LogP contribution < -0.4 is 10.5 Å². The van der Waals surface area contributed by atoms with Crippen LogP contribution >= 0.6 is 50.1 Å².